The van der Waals surface area contributed by atoms with E-state index in [1.54, 1.807) is 6.08 Å². The Kier molecular flexibility index (Phi) is 3.14. The average molecular weight is 252 g/mol. The van der Waals surface area contributed by atoms with Crippen molar-refractivity contribution >= 4 is 26.1 Å². The molecule has 0 bridgehead atoms. The number of rotatable bonds is 2. The van der Waals surface area contributed by atoms with Crippen molar-refractivity contribution < 1.29 is 0 Å². The Labute approximate surface area is 80.4 Å². The molecule has 0 aliphatic carbocycles. The van der Waals surface area contributed by atoms with Crippen LogP contribution in [0.5, 0.6) is 0 Å². The quantitative estimate of drug-likeness (QED) is 0.598. The van der Waals surface area contributed by atoms with Gasteiger partial charge >= 0.3 is 80.4 Å². The number of benzene rings is 1. The van der Waals surface area contributed by atoms with E-state index in [-0.39, 0.29) is 6.04 Å². The molecule has 1 rings (SSSR count). The van der Waals surface area contributed by atoms with Crippen LogP contribution in [0.3, 0.4) is 0 Å². The summed E-state index contributed by atoms with van der Waals surface area (Å²) in [4.78, 5) is 0. The monoisotopic (exact) mass is 253 g/mol. The first-order valence-electron chi connectivity index (χ1n) is 3.48. The van der Waals surface area contributed by atoms with Crippen molar-refractivity contribution in [2.75, 3.05) is 0 Å². The van der Waals surface area contributed by atoms with Crippen molar-refractivity contribution in [2.24, 2.45) is 5.73 Å². The van der Waals surface area contributed by atoms with Crippen molar-refractivity contribution in [1.82, 2.24) is 0 Å². The van der Waals surface area contributed by atoms with E-state index in [0.29, 0.717) is 0 Å². The van der Waals surface area contributed by atoms with Gasteiger partial charge in [0.15, 0.2) is 0 Å². The van der Waals surface area contributed by atoms with Gasteiger partial charge in [0, 0.05) is 0 Å². The van der Waals surface area contributed by atoms with Gasteiger partial charge in [0.05, 0.1) is 0 Å². The predicted octanol–water partition coefficient (Wildman–Crippen LogP) is 0.399. The van der Waals surface area contributed by atoms with Crippen molar-refractivity contribution in [3.05, 3.63) is 42.5 Å². The predicted molar refractivity (Wildman–Crippen MR) is 50.4 cm³/mol. The van der Waals surface area contributed by atoms with Crippen LogP contribution in [-0.4, -0.2) is 22.5 Å². The zero-order chi connectivity index (χ0) is 8.27. The molecule has 2 heteroatoms. The molecular formula is C9H11NSn. The topological polar surface area (TPSA) is 26.0 Å². The summed E-state index contributed by atoms with van der Waals surface area (Å²) in [5.74, 6) is 0. The fourth-order valence-corrected chi connectivity index (χ4v) is 2.08. The van der Waals surface area contributed by atoms with Gasteiger partial charge in [0.1, 0.15) is 0 Å². The van der Waals surface area contributed by atoms with Crippen molar-refractivity contribution in [2.45, 2.75) is 6.04 Å². The molecule has 11 heavy (non-hydrogen) atoms. The summed E-state index contributed by atoms with van der Waals surface area (Å²) in [5.41, 5.74) is 7.01. The molecule has 1 atom stereocenters. The third-order valence-corrected chi connectivity index (χ3v) is 3.11. The van der Waals surface area contributed by atoms with E-state index in [9.17, 15) is 0 Å². The fourth-order valence-electron chi connectivity index (χ4n) is 0.941. The molecule has 0 aromatic heterocycles. The van der Waals surface area contributed by atoms with Gasteiger partial charge in [0.2, 0.25) is 0 Å². The van der Waals surface area contributed by atoms with E-state index >= 15 is 0 Å². The van der Waals surface area contributed by atoms with Crippen LogP contribution in [0.2, 0.25) is 0 Å². The zero-order valence-electron chi connectivity index (χ0n) is 6.33. The van der Waals surface area contributed by atoms with Crippen LogP contribution in [0, 0.1) is 0 Å². The van der Waals surface area contributed by atoms with Crippen LogP contribution < -0.4 is 9.31 Å². The van der Waals surface area contributed by atoms with E-state index < -0.39 is 0 Å². The summed E-state index contributed by atoms with van der Waals surface area (Å²) in [5, 5.41) is 0. The maximum absolute atomic E-state index is 5.80. The SMILES string of the molecule is C=CC(N)c1cccc[c]1[SnH]. The average Bonchev–Trinajstić information content (AvgIpc) is 2.04. The molecule has 0 saturated heterocycles. The third kappa shape index (κ3) is 2.07. The Morgan fingerprint density at radius 2 is 2.09 bits per heavy atom. The van der Waals surface area contributed by atoms with E-state index in [1.807, 2.05) is 12.1 Å². The molecule has 1 aromatic carbocycles. The Balaban J connectivity index is 3.02. The van der Waals surface area contributed by atoms with Gasteiger partial charge in [-0.15, -0.1) is 0 Å². The number of hydrogen-bond acceptors (Lipinski definition) is 1. The molecule has 1 unspecified atom stereocenters. The first-order valence-corrected chi connectivity index (χ1v) is 5.13. The molecule has 0 saturated carbocycles. The van der Waals surface area contributed by atoms with Gasteiger partial charge in [-0.25, -0.2) is 0 Å². The molecular weight excluding hydrogens is 241 g/mol. The van der Waals surface area contributed by atoms with E-state index in [1.165, 1.54) is 9.14 Å². The van der Waals surface area contributed by atoms with Crippen molar-refractivity contribution in [1.29, 1.82) is 0 Å². The standard InChI is InChI=1S/C9H10N.Sn.H/c1-2-9(10)8-6-4-3-5-7-8;;/h2-6,9H,1,10H2;;. The minimum atomic E-state index is 0.00120. The van der Waals surface area contributed by atoms with Gasteiger partial charge in [-0.2, -0.15) is 0 Å². The van der Waals surface area contributed by atoms with Gasteiger partial charge in [0.25, 0.3) is 0 Å². The van der Waals surface area contributed by atoms with Gasteiger partial charge in [-0.05, 0) is 0 Å². The molecule has 0 aliphatic rings. The Bertz CT molecular complexity index is 257. The molecule has 1 aromatic rings. The van der Waals surface area contributed by atoms with E-state index in [2.05, 4.69) is 18.7 Å². The molecule has 2 N–H and O–H groups in total. The van der Waals surface area contributed by atoms with Crippen LogP contribution in [0.25, 0.3) is 0 Å². The molecule has 2 radical (unpaired) electrons. The molecule has 0 aliphatic heterocycles. The summed E-state index contributed by atoms with van der Waals surface area (Å²) < 4.78 is 1.35. The molecule has 0 spiro atoms. The molecule has 56 valence electrons. The number of hydrogen-bond donors (Lipinski definition) is 1. The fraction of sp³-hybridized carbons (Fsp3) is 0.111. The first kappa shape index (κ1) is 8.81. The van der Waals surface area contributed by atoms with Crippen LogP contribution in [0.4, 0.5) is 0 Å². The molecule has 1 nitrogen and oxygen atoms in total. The summed E-state index contributed by atoms with van der Waals surface area (Å²) in [6, 6.07) is 8.23. The second-order valence-electron chi connectivity index (χ2n) is 2.39. The second kappa shape index (κ2) is 3.93. The summed E-state index contributed by atoms with van der Waals surface area (Å²) in [6.07, 6.45) is 1.77. The third-order valence-electron chi connectivity index (χ3n) is 1.61. The molecule has 0 heterocycles. The van der Waals surface area contributed by atoms with Gasteiger partial charge < -0.3 is 0 Å². The van der Waals surface area contributed by atoms with Crippen LogP contribution in [-0.2, 0) is 0 Å². The van der Waals surface area contributed by atoms with Gasteiger partial charge in [-0.1, -0.05) is 0 Å². The minimum absolute atomic E-state index is 0.00120. The Morgan fingerprint density at radius 1 is 1.45 bits per heavy atom. The van der Waals surface area contributed by atoms with Gasteiger partial charge in [-0.3, -0.25) is 0 Å². The zero-order valence-corrected chi connectivity index (χ0v) is 9.62. The maximum atomic E-state index is 5.80. The van der Waals surface area contributed by atoms with Crippen molar-refractivity contribution in [3.63, 3.8) is 0 Å². The normalized spacial score (nSPS) is 12.5. The Morgan fingerprint density at radius 3 is 2.64 bits per heavy atom. The van der Waals surface area contributed by atoms with E-state index in [4.69, 9.17) is 5.73 Å². The summed E-state index contributed by atoms with van der Waals surface area (Å²) in [6.45, 7) is 3.67. The summed E-state index contributed by atoms with van der Waals surface area (Å²) >= 11 is 1.11. The van der Waals surface area contributed by atoms with E-state index in [0.717, 1.165) is 22.5 Å². The molecule has 0 amide bonds. The second-order valence-corrected chi connectivity index (χ2v) is 4.17. The van der Waals surface area contributed by atoms with Crippen LogP contribution >= 0.6 is 0 Å². The Hall–Kier alpha value is -0.281. The molecule has 0 fully saturated rings. The number of nitrogens with two attached hydrogens (primary N) is 1. The van der Waals surface area contributed by atoms with Crippen LogP contribution in [0.15, 0.2) is 36.9 Å². The summed E-state index contributed by atoms with van der Waals surface area (Å²) in [7, 11) is 0. The van der Waals surface area contributed by atoms with Crippen LogP contribution in [0.1, 0.15) is 11.6 Å². The first-order chi connectivity index (χ1) is 5.25. The van der Waals surface area contributed by atoms with Crippen molar-refractivity contribution in [3.8, 4) is 0 Å².